The van der Waals surface area contributed by atoms with Crippen molar-refractivity contribution in [1.82, 2.24) is 0 Å². The molecule has 0 saturated heterocycles. The Balaban J connectivity index is 0.000000265. The van der Waals surface area contributed by atoms with Gasteiger partial charge in [0.2, 0.25) is 0 Å². The van der Waals surface area contributed by atoms with Gasteiger partial charge in [-0.15, -0.1) is 0 Å². The molecule has 0 amide bonds. The molecule has 1 rings (SSSR count). The van der Waals surface area contributed by atoms with Crippen LogP contribution in [0.4, 0.5) is 0 Å². The van der Waals surface area contributed by atoms with Gasteiger partial charge in [0.15, 0.2) is 0 Å². The number of hydrogen-bond acceptors (Lipinski definition) is 1. The van der Waals surface area contributed by atoms with E-state index < -0.39 is 0 Å². The Morgan fingerprint density at radius 3 is 1.67 bits per heavy atom. The van der Waals surface area contributed by atoms with Gasteiger partial charge in [-0.05, 0) is 12.1 Å². The summed E-state index contributed by atoms with van der Waals surface area (Å²) in [5.74, 6) is 0. The Morgan fingerprint density at radius 2 is 1.47 bits per heavy atom. The van der Waals surface area contributed by atoms with Gasteiger partial charge >= 0.3 is 0 Å². The molecule has 15 heavy (non-hydrogen) atoms. The lowest BCUT2D eigenvalue weighted by Gasteiger charge is -1.97. The molecule has 1 nitrogen and oxygen atoms in total. The van der Waals surface area contributed by atoms with E-state index >= 15 is 0 Å². The fraction of sp³-hybridized carbons (Fsp3) is 0.462. The number of benzene rings is 1. The highest BCUT2D eigenvalue weighted by Gasteiger charge is 2.05. The zero-order valence-electron chi connectivity index (χ0n) is 10.0. The van der Waals surface area contributed by atoms with Crippen LogP contribution in [0.15, 0.2) is 30.3 Å². The van der Waals surface area contributed by atoms with E-state index in [0.29, 0.717) is 5.56 Å². The predicted octanol–water partition coefficient (Wildman–Crippen LogP) is 4.10. The Kier molecular flexibility index (Phi) is 9.29. The summed E-state index contributed by atoms with van der Waals surface area (Å²) in [6.45, 7) is 6.97. The summed E-state index contributed by atoms with van der Waals surface area (Å²) >= 11 is -0.171. The van der Waals surface area contributed by atoms with Gasteiger partial charge in [0.05, 0.1) is 11.6 Å². The van der Waals surface area contributed by atoms with E-state index in [1.165, 1.54) is 15.8 Å². The van der Waals surface area contributed by atoms with Crippen molar-refractivity contribution >= 4 is 14.1 Å². The summed E-state index contributed by atoms with van der Waals surface area (Å²) in [4.78, 5) is 0. The van der Waals surface area contributed by atoms with Crippen LogP contribution in [-0.2, 0) is 0 Å². The summed E-state index contributed by atoms with van der Waals surface area (Å²) in [5, 5.41) is 12.8. The average Bonchev–Trinajstić information content (AvgIpc) is 2.33. The summed E-state index contributed by atoms with van der Waals surface area (Å²) in [6, 6.07) is 11.2. The fourth-order valence-electron chi connectivity index (χ4n) is 1.38. The Hall–Kier alpha value is -0.758. The van der Waals surface area contributed by atoms with Crippen LogP contribution >= 0.6 is 0 Å². The van der Waals surface area contributed by atoms with Gasteiger partial charge in [-0.25, -0.2) is 0 Å². The van der Waals surface area contributed by atoms with E-state index in [-0.39, 0.29) is 14.1 Å². The van der Waals surface area contributed by atoms with Crippen molar-refractivity contribution in [1.29, 1.82) is 5.26 Å². The largest absolute Gasteiger partial charge is 0.261 e. The number of nitrogens with zero attached hydrogens (tertiary/aromatic N) is 1. The van der Waals surface area contributed by atoms with Crippen molar-refractivity contribution in [3.8, 4) is 6.07 Å². The molecule has 0 atom stereocenters. The van der Waals surface area contributed by atoms with Crippen LogP contribution in [0.3, 0.4) is 0 Å². The molecular formula is C13H20AlN. The van der Waals surface area contributed by atoms with Gasteiger partial charge in [-0.1, -0.05) is 54.8 Å². The molecule has 0 spiro atoms. The second kappa shape index (κ2) is 9.78. The van der Waals surface area contributed by atoms with Crippen LogP contribution in [0.2, 0.25) is 15.8 Å². The predicted molar refractivity (Wildman–Crippen MR) is 68.4 cm³/mol. The van der Waals surface area contributed by atoms with E-state index in [1.54, 1.807) is 12.1 Å². The second-order valence-electron chi connectivity index (χ2n) is 3.57. The molecule has 0 N–H and O–H groups in total. The Morgan fingerprint density at radius 1 is 1.00 bits per heavy atom. The van der Waals surface area contributed by atoms with Crippen molar-refractivity contribution in [3.63, 3.8) is 0 Å². The normalized spacial score (nSPS) is 8.40. The summed E-state index contributed by atoms with van der Waals surface area (Å²) in [5.41, 5.74) is 0.715. The van der Waals surface area contributed by atoms with E-state index in [0.717, 1.165) is 0 Å². The Bertz CT molecular complexity index is 267. The summed E-state index contributed by atoms with van der Waals surface area (Å²) in [6.07, 6.45) is 0. The number of nitriles is 1. The third-order valence-electron chi connectivity index (χ3n) is 2.63. The lowest BCUT2D eigenvalue weighted by molar-refractivity contribution is 1.24. The molecule has 0 radical (unpaired) electrons. The second-order valence-corrected chi connectivity index (χ2v) is 7.75. The van der Waals surface area contributed by atoms with Gasteiger partial charge in [-0.2, -0.15) is 5.26 Å². The fourth-order valence-corrected chi connectivity index (χ4v) is 3.11. The smallest absolute Gasteiger partial charge is 0.192 e. The first-order valence-electron chi connectivity index (χ1n) is 5.73. The third kappa shape index (κ3) is 7.20. The molecular weight excluding hydrogens is 197 g/mol. The van der Waals surface area contributed by atoms with Crippen molar-refractivity contribution in [2.45, 2.75) is 36.6 Å². The van der Waals surface area contributed by atoms with E-state index in [4.69, 9.17) is 5.26 Å². The molecule has 0 bridgehead atoms. The molecule has 1 aromatic carbocycles. The van der Waals surface area contributed by atoms with E-state index in [9.17, 15) is 0 Å². The molecule has 0 aliphatic carbocycles. The van der Waals surface area contributed by atoms with E-state index in [2.05, 4.69) is 20.8 Å². The first-order valence-corrected chi connectivity index (χ1v) is 8.18. The molecule has 0 aliphatic heterocycles. The monoisotopic (exact) mass is 217 g/mol. The number of rotatable bonds is 3. The minimum atomic E-state index is -0.171. The van der Waals surface area contributed by atoms with E-state index in [1.807, 2.05) is 24.3 Å². The zero-order chi connectivity index (χ0) is 11.5. The zero-order valence-corrected chi connectivity index (χ0v) is 11.2. The highest BCUT2D eigenvalue weighted by molar-refractivity contribution is 6.58. The van der Waals surface area contributed by atoms with Gasteiger partial charge in [0.25, 0.3) is 14.1 Å². The minimum absolute atomic E-state index is 0.171. The van der Waals surface area contributed by atoms with Gasteiger partial charge in [-0.3, -0.25) is 0 Å². The van der Waals surface area contributed by atoms with Crippen LogP contribution in [0, 0.1) is 11.3 Å². The molecule has 0 aromatic heterocycles. The van der Waals surface area contributed by atoms with Crippen molar-refractivity contribution in [2.24, 2.45) is 0 Å². The highest BCUT2D eigenvalue weighted by atomic mass is 27.2. The third-order valence-corrected chi connectivity index (χ3v) is 6.10. The quantitative estimate of drug-likeness (QED) is 0.699. The number of hydrogen-bond donors (Lipinski definition) is 0. The van der Waals surface area contributed by atoms with Crippen molar-refractivity contribution in [3.05, 3.63) is 35.9 Å². The molecule has 1 aromatic rings. The van der Waals surface area contributed by atoms with Crippen molar-refractivity contribution < 1.29 is 0 Å². The van der Waals surface area contributed by atoms with Gasteiger partial charge in [0.1, 0.15) is 0 Å². The Labute approximate surface area is 98.1 Å². The summed E-state index contributed by atoms with van der Waals surface area (Å²) < 4.78 is 0. The molecule has 0 heterocycles. The molecule has 0 saturated carbocycles. The molecule has 0 aliphatic rings. The standard InChI is InChI=1S/C7H5N.3C2H5.Al/c8-6-7-4-2-1-3-5-7;3*1-2;/h1-5H;3*1H2,2H3;. The highest BCUT2D eigenvalue weighted by Crippen LogP contribution is 2.01. The summed E-state index contributed by atoms with van der Waals surface area (Å²) in [7, 11) is 0. The molecule has 0 fully saturated rings. The first kappa shape index (κ1) is 14.2. The average molecular weight is 217 g/mol. The molecule has 80 valence electrons. The minimum Gasteiger partial charge on any atom is -0.192 e. The van der Waals surface area contributed by atoms with Gasteiger partial charge < -0.3 is 0 Å². The van der Waals surface area contributed by atoms with Crippen LogP contribution in [-0.4, -0.2) is 14.1 Å². The van der Waals surface area contributed by atoms with Crippen LogP contribution in [0.25, 0.3) is 0 Å². The lowest BCUT2D eigenvalue weighted by Crippen LogP contribution is -2.04. The maximum absolute atomic E-state index is 8.29. The van der Waals surface area contributed by atoms with Crippen LogP contribution in [0.1, 0.15) is 26.3 Å². The van der Waals surface area contributed by atoms with Gasteiger partial charge in [0, 0.05) is 0 Å². The maximum Gasteiger partial charge on any atom is 0.261 e. The topological polar surface area (TPSA) is 23.8 Å². The van der Waals surface area contributed by atoms with Crippen LogP contribution < -0.4 is 0 Å². The SMILES string of the molecule is C[CH2][Al]([CH2]C)[CH2]C.N#Cc1ccccc1. The molecule has 2 heteroatoms. The maximum atomic E-state index is 8.29. The molecule has 0 unspecified atom stereocenters. The lowest BCUT2D eigenvalue weighted by atomic mass is 10.2. The first-order chi connectivity index (χ1) is 7.28. The van der Waals surface area contributed by atoms with Crippen LogP contribution in [0.5, 0.6) is 0 Å². The van der Waals surface area contributed by atoms with Crippen molar-refractivity contribution in [2.75, 3.05) is 0 Å².